The predicted molar refractivity (Wildman–Crippen MR) is 67.2 cm³/mol. The fourth-order valence-electron chi connectivity index (χ4n) is 1.93. The Bertz CT molecular complexity index is 526. The van der Waals surface area contributed by atoms with Crippen LogP contribution in [0.25, 0.3) is 0 Å². The number of aliphatic hydroxyl groups is 1. The normalized spacial score (nSPS) is 10.7. The number of nitrogens with zero attached hydrogens (tertiary/aromatic N) is 3. The van der Waals surface area contributed by atoms with Crippen LogP contribution in [0.2, 0.25) is 0 Å². The van der Waals surface area contributed by atoms with Crippen LogP contribution in [0, 0.1) is 13.8 Å². The lowest BCUT2D eigenvalue weighted by Gasteiger charge is -2.13. The molecular weight excluding hydrogens is 230 g/mol. The van der Waals surface area contributed by atoms with Crippen molar-refractivity contribution in [2.24, 2.45) is 7.05 Å². The molecule has 1 aromatic heterocycles. The second kappa shape index (κ2) is 5.18. The number of aliphatic hydroxyl groups excluding tert-OH is 1. The molecule has 1 heterocycles. The number of hydrogen-bond acceptors (Lipinski definition) is 4. The molecule has 0 saturated carbocycles. The number of benzene rings is 1. The van der Waals surface area contributed by atoms with E-state index in [9.17, 15) is 0 Å². The van der Waals surface area contributed by atoms with E-state index < -0.39 is 0 Å². The molecule has 5 heteroatoms. The molecule has 96 valence electrons. The third-order valence-electron chi connectivity index (χ3n) is 2.85. The first-order valence-electron chi connectivity index (χ1n) is 5.78. The highest BCUT2D eigenvalue weighted by Crippen LogP contribution is 2.25. The molecule has 18 heavy (non-hydrogen) atoms. The molecule has 5 nitrogen and oxygen atoms in total. The van der Waals surface area contributed by atoms with Crippen LogP contribution in [-0.2, 0) is 20.3 Å². The van der Waals surface area contributed by atoms with Gasteiger partial charge in [-0.25, -0.2) is 0 Å². The van der Waals surface area contributed by atoms with E-state index in [1.54, 1.807) is 6.33 Å². The van der Waals surface area contributed by atoms with Crippen molar-refractivity contribution >= 4 is 0 Å². The second-order valence-electron chi connectivity index (χ2n) is 4.36. The van der Waals surface area contributed by atoms with Gasteiger partial charge in [-0.2, -0.15) is 0 Å². The van der Waals surface area contributed by atoms with Crippen molar-refractivity contribution in [3.8, 4) is 5.75 Å². The van der Waals surface area contributed by atoms with Crippen molar-refractivity contribution in [3.05, 3.63) is 41.0 Å². The summed E-state index contributed by atoms with van der Waals surface area (Å²) in [5.41, 5.74) is 2.93. The van der Waals surface area contributed by atoms with Crippen molar-refractivity contribution in [2.45, 2.75) is 27.1 Å². The monoisotopic (exact) mass is 247 g/mol. The van der Waals surface area contributed by atoms with Gasteiger partial charge in [0.05, 0.1) is 6.61 Å². The fraction of sp³-hybridized carbons (Fsp3) is 0.385. The Hall–Kier alpha value is -1.88. The zero-order chi connectivity index (χ0) is 13.1. The summed E-state index contributed by atoms with van der Waals surface area (Å²) in [6, 6.07) is 3.86. The Kier molecular flexibility index (Phi) is 3.62. The molecule has 0 aliphatic rings. The molecule has 2 rings (SSSR count). The molecule has 0 aliphatic carbocycles. The highest BCUT2D eigenvalue weighted by molar-refractivity contribution is 5.43. The Labute approximate surface area is 106 Å². The molecule has 2 aromatic rings. The van der Waals surface area contributed by atoms with Gasteiger partial charge >= 0.3 is 0 Å². The molecule has 0 amide bonds. The molecule has 1 aromatic carbocycles. The minimum absolute atomic E-state index is 0.0469. The molecule has 0 unspecified atom stereocenters. The summed E-state index contributed by atoms with van der Waals surface area (Å²) in [7, 11) is 1.88. The first-order valence-corrected chi connectivity index (χ1v) is 5.78. The summed E-state index contributed by atoms with van der Waals surface area (Å²) < 4.78 is 7.61. The Morgan fingerprint density at radius 3 is 2.44 bits per heavy atom. The van der Waals surface area contributed by atoms with Gasteiger partial charge < -0.3 is 14.4 Å². The molecule has 0 bridgehead atoms. The van der Waals surface area contributed by atoms with Gasteiger partial charge in [0.2, 0.25) is 0 Å². The van der Waals surface area contributed by atoms with Crippen LogP contribution < -0.4 is 4.74 Å². The fourth-order valence-corrected chi connectivity index (χ4v) is 1.93. The van der Waals surface area contributed by atoms with Crippen molar-refractivity contribution < 1.29 is 9.84 Å². The van der Waals surface area contributed by atoms with Crippen LogP contribution in [-0.4, -0.2) is 19.9 Å². The molecule has 0 spiro atoms. The SMILES string of the molecule is Cc1cc(CO)cc(C)c1OCc1nncn1C. The third kappa shape index (κ3) is 2.51. The van der Waals surface area contributed by atoms with Gasteiger partial charge in [-0.15, -0.1) is 10.2 Å². The van der Waals surface area contributed by atoms with Gasteiger partial charge in [-0.3, -0.25) is 0 Å². The van der Waals surface area contributed by atoms with Gasteiger partial charge in [-0.05, 0) is 30.5 Å². The summed E-state index contributed by atoms with van der Waals surface area (Å²) >= 11 is 0. The van der Waals surface area contributed by atoms with E-state index >= 15 is 0 Å². The summed E-state index contributed by atoms with van der Waals surface area (Å²) in [4.78, 5) is 0. The third-order valence-corrected chi connectivity index (χ3v) is 2.85. The highest BCUT2D eigenvalue weighted by atomic mass is 16.5. The zero-order valence-electron chi connectivity index (χ0n) is 10.8. The van der Waals surface area contributed by atoms with E-state index in [-0.39, 0.29) is 6.61 Å². The van der Waals surface area contributed by atoms with Crippen LogP contribution in [0.5, 0.6) is 5.75 Å². The molecule has 0 atom stereocenters. The Balaban J connectivity index is 2.17. The summed E-state index contributed by atoms with van der Waals surface area (Å²) in [6.07, 6.45) is 1.65. The van der Waals surface area contributed by atoms with Gasteiger partial charge in [0.15, 0.2) is 5.82 Å². The number of ether oxygens (including phenoxy) is 1. The molecule has 0 aliphatic heterocycles. The van der Waals surface area contributed by atoms with Crippen LogP contribution in [0.1, 0.15) is 22.5 Å². The lowest BCUT2D eigenvalue weighted by Crippen LogP contribution is -2.05. The van der Waals surface area contributed by atoms with Gasteiger partial charge in [0.1, 0.15) is 18.7 Å². The maximum atomic E-state index is 9.13. The zero-order valence-corrected chi connectivity index (χ0v) is 10.8. The van der Waals surface area contributed by atoms with Gasteiger partial charge in [0, 0.05) is 7.05 Å². The molecule has 0 saturated heterocycles. The topological polar surface area (TPSA) is 60.2 Å². The second-order valence-corrected chi connectivity index (χ2v) is 4.36. The lowest BCUT2D eigenvalue weighted by atomic mass is 10.1. The molecule has 0 radical (unpaired) electrons. The summed E-state index contributed by atoms with van der Waals surface area (Å²) in [5, 5.41) is 16.9. The van der Waals surface area contributed by atoms with E-state index in [1.165, 1.54) is 0 Å². The average molecular weight is 247 g/mol. The largest absolute Gasteiger partial charge is 0.485 e. The lowest BCUT2D eigenvalue weighted by molar-refractivity contribution is 0.278. The highest BCUT2D eigenvalue weighted by Gasteiger charge is 2.08. The molecular formula is C13H17N3O2. The van der Waals surface area contributed by atoms with Crippen molar-refractivity contribution in [3.63, 3.8) is 0 Å². The minimum Gasteiger partial charge on any atom is -0.485 e. The van der Waals surface area contributed by atoms with Crippen LogP contribution in [0.3, 0.4) is 0 Å². The van der Waals surface area contributed by atoms with E-state index in [0.717, 1.165) is 28.3 Å². The van der Waals surface area contributed by atoms with Crippen LogP contribution in [0.4, 0.5) is 0 Å². The van der Waals surface area contributed by atoms with Gasteiger partial charge in [0.25, 0.3) is 0 Å². The summed E-state index contributed by atoms with van der Waals surface area (Å²) in [6.45, 7) is 4.37. The Morgan fingerprint density at radius 1 is 1.28 bits per heavy atom. The van der Waals surface area contributed by atoms with Crippen molar-refractivity contribution in [1.29, 1.82) is 0 Å². The Morgan fingerprint density at radius 2 is 1.94 bits per heavy atom. The quantitative estimate of drug-likeness (QED) is 0.889. The smallest absolute Gasteiger partial charge is 0.170 e. The number of rotatable bonds is 4. The van der Waals surface area contributed by atoms with Crippen molar-refractivity contribution in [1.82, 2.24) is 14.8 Å². The van der Waals surface area contributed by atoms with Crippen LogP contribution >= 0.6 is 0 Å². The minimum atomic E-state index is 0.0469. The van der Waals surface area contributed by atoms with E-state index in [2.05, 4.69) is 10.2 Å². The summed E-state index contributed by atoms with van der Waals surface area (Å²) in [5.74, 6) is 1.62. The maximum absolute atomic E-state index is 9.13. The standard InChI is InChI=1S/C13H17N3O2/c1-9-4-11(6-17)5-10(2)13(9)18-7-12-15-14-8-16(12)3/h4-5,8,17H,6-7H2,1-3H3. The van der Waals surface area contributed by atoms with Crippen LogP contribution in [0.15, 0.2) is 18.5 Å². The number of hydrogen-bond donors (Lipinski definition) is 1. The number of aromatic nitrogens is 3. The maximum Gasteiger partial charge on any atom is 0.170 e. The number of aryl methyl sites for hydroxylation is 3. The van der Waals surface area contributed by atoms with Crippen molar-refractivity contribution in [2.75, 3.05) is 0 Å². The molecule has 0 fully saturated rings. The molecule has 1 N–H and O–H groups in total. The first-order chi connectivity index (χ1) is 8.61. The van der Waals surface area contributed by atoms with E-state index in [4.69, 9.17) is 9.84 Å². The predicted octanol–water partition coefficient (Wildman–Crippen LogP) is 1.50. The first kappa shape index (κ1) is 12.6. The van der Waals surface area contributed by atoms with E-state index in [1.807, 2.05) is 37.6 Å². The average Bonchev–Trinajstić information content (AvgIpc) is 2.73. The van der Waals surface area contributed by atoms with E-state index in [0.29, 0.717) is 6.61 Å². The van der Waals surface area contributed by atoms with Gasteiger partial charge in [-0.1, -0.05) is 12.1 Å².